The van der Waals surface area contributed by atoms with Gasteiger partial charge >= 0.3 is 0 Å². The first-order chi connectivity index (χ1) is 13.9. The van der Waals surface area contributed by atoms with Crippen LogP contribution in [0.3, 0.4) is 0 Å². The topological polar surface area (TPSA) is 70.6 Å². The summed E-state index contributed by atoms with van der Waals surface area (Å²) >= 11 is 12.9. The fourth-order valence-electron chi connectivity index (χ4n) is 3.35. The first kappa shape index (κ1) is 22.2. The molecule has 29 heavy (non-hydrogen) atoms. The van der Waals surface area contributed by atoms with Gasteiger partial charge in [0.05, 0.1) is 10.7 Å². The van der Waals surface area contributed by atoms with Crippen LogP contribution in [0.2, 0.25) is 5.02 Å². The van der Waals surface area contributed by atoms with Crippen molar-refractivity contribution in [2.45, 2.75) is 6.54 Å². The second-order valence-corrected chi connectivity index (χ2v) is 9.24. The summed E-state index contributed by atoms with van der Waals surface area (Å²) in [4.78, 5) is 14.9. The van der Waals surface area contributed by atoms with Crippen LogP contribution in [0.25, 0.3) is 0 Å². The van der Waals surface area contributed by atoms with Crippen LogP contribution in [0.5, 0.6) is 5.75 Å². The number of benzene rings is 2. The monoisotopic (exact) mass is 544 g/mol. The lowest BCUT2D eigenvalue weighted by atomic mass is 10.2. The van der Waals surface area contributed by atoms with Gasteiger partial charge < -0.3 is 14.9 Å². The molecule has 2 aromatic rings. The van der Waals surface area contributed by atoms with E-state index in [4.69, 9.17) is 11.6 Å². The van der Waals surface area contributed by atoms with Crippen LogP contribution in [0.1, 0.15) is 11.1 Å². The first-order valence-corrected chi connectivity index (χ1v) is 11.3. The van der Waals surface area contributed by atoms with E-state index in [0.717, 1.165) is 42.2 Å². The average Bonchev–Trinajstić information content (AvgIpc) is 2.69. The Morgan fingerprint density at radius 1 is 1.17 bits per heavy atom. The minimum absolute atomic E-state index is 0.0782. The molecule has 1 heterocycles. The van der Waals surface area contributed by atoms with Crippen molar-refractivity contribution in [1.29, 1.82) is 0 Å². The van der Waals surface area contributed by atoms with Crippen molar-refractivity contribution >= 4 is 55.6 Å². The van der Waals surface area contributed by atoms with E-state index in [2.05, 4.69) is 48.5 Å². The maximum atomic E-state index is 12.2. The first-order valence-electron chi connectivity index (χ1n) is 9.33. The summed E-state index contributed by atoms with van der Waals surface area (Å²) in [6, 6.07) is 11.4. The second kappa shape index (κ2) is 10.5. The van der Waals surface area contributed by atoms with Crippen LogP contribution in [-0.4, -0.2) is 50.0 Å². The number of aromatic hydroxyl groups is 1. The molecule has 3 rings (SSSR count). The van der Waals surface area contributed by atoms with E-state index in [1.165, 1.54) is 21.6 Å². The summed E-state index contributed by atoms with van der Waals surface area (Å²) in [7, 11) is 0. The number of quaternary nitrogens is 2. The fraction of sp³-hybridized carbons (Fsp3) is 0.300. The number of halogens is 3. The molecule has 154 valence electrons. The van der Waals surface area contributed by atoms with Crippen molar-refractivity contribution in [3.05, 3.63) is 61.5 Å². The SMILES string of the molecule is O=C(C[NH+]1CC[NH+](Cc2ccccc2Cl)CC1)NN=Cc1cc(Br)cc(Br)c1O. The highest BCUT2D eigenvalue weighted by molar-refractivity contribution is 9.11. The predicted molar refractivity (Wildman–Crippen MR) is 121 cm³/mol. The summed E-state index contributed by atoms with van der Waals surface area (Å²) in [6.07, 6.45) is 1.43. The smallest absolute Gasteiger partial charge is 0.295 e. The summed E-state index contributed by atoms with van der Waals surface area (Å²) in [5.74, 6) is -0.0613. The number of nitrogens with one attached hydrogen (secondary N) is 3. The Kier molecular flexibility index (Phi) is 8.08. The number of phenols is 1. The Hall–Kier alpha value is -1.45. The van der Waals surface area contributed by atoms with Gasteiger partial charge in [-0.15, -0.1) is 0 Å². The van der Waals surface area contributed by atoms with Crippen LogP contribution in [-0.2, 0) is 11.3 Å². The Morgan fingerprint density at radius 2 is 1.86 bits per heavy atom. The molecule has 1 amide bonds. The predicted octanol–water partition coefficient (Wildman–Crippen LogP) is 1.00. The van der Waals surface area contributed by atoms with Crippen LogP contribution >= 0.6 is 43.5 Å². The number of hydrogen-bond acceptors (Lipinski definition) is 3. The molecular weight excluding hydrogens is 524 g/mol. The van der Waals surface area contributed by atoms with Crippen LogP contribution in [0.4, 0.5) is 0 Å². The quantitative estimate of drug-likeness (QED) is 0.323. The molecular formula is C20H23Br2ClN4O2+2. The Bertz CT molecular complexity index is 902. The van der Waals surface area contributed by atoms with E-state index in [1.54, 1.807) is 12.1 Å². The minimum atomic E-state index is -0.139. The molecule has 0 atom stereocenters. The third-order valence-corrected chi connectivity index (χ3v) is 6.35. The van der Waals surface area contributed by atoms with Crippen LogP contribution in [0.15, 0.2) is 50.4 Å². The molecule has 9 heteroatoms. The number of carbonyl (C=O) groups is 1. The van der Waals surface area contributed by atoms with Crippen molar-refractivity contribution in [3.8, 4) is 5.75 Å². The van der Waals surface area contributed by atoms with Crippen molar-refractivity contribution in [2.24, 2.45) is 5.10 Å². The number of rotatable bonds is 6. The molecule has 1 aliphatic rings. The molecule has 0 spiro atoms. The molecule has 1 fully saturated rings. The van der Waals surface area contributed by atoms with Gasteiger partial charge in [-0.1, -0.05) is 45.7 Å². The number of hydrogen-bond donors (Lipinski definition) is 4. The molecule has 2 aromatic carbocycles. The lowest BCUT2D eigenvalue weighted by Gasteiger charge is -2.29. The summed E-state index contributed by atoms with van der Waals surface area (Å²) in [5.41, 5.74) is 4.23. The average molecular weight is 547 g/mol. The maximum absolute atomic E-state index is 12.2. The van der Waals surface area contributed by atoms with Gasteiger partial charge in [0.2, 0.25) is 0 Å². The number of phenolic OH excluding ortho intramolecular Hbond substituents is 1. The van der Waals surface area contributed by atoms with Gasteiger partial charge in [-0.05, 0) is 34.1 Å². The lowest BCUT2D eigenvalue weighted by Crippen LogP contribution is -3.28. The highest BCUT2D eigenvalue weighted by Crippen LogP contribution is 2.30. The van der Waals surface area contributed by atoms with Gasteiger partial charge in [0.25, 0.3) is 5.91 Å². The molecule has 0 aliphatic carbocycles. The van der Waals surface area contributed by atoms with Gasteiger partial charge in [0, 0.05) is 20.6 Å². The number of hydrazone groups is 1. The molecule has 0 radical (unpaired) electrons. The van der Waals surface area contributed by atoms with Gasteiger partial charge in [-0.25, -0.2) is 5.43 Å². The molecule has 1 saturated heterocycles. The lowest BCUT2D eigenvalue weighted by molar-refractivity contribution is -1.02. The second-order valence-electron chi connectivity index (χ2n) is 7.06. The van der Waals surface area contributed by atoms with Crippen LogP contribution in [0, 0.1) is 0 Å². The maximum Gasteiger partial charge on any atom is 0.295 e. The molecule has 0 saturated carbocycles. The summed E-state index contributed by atoms with van der Waals surface area (Å²) in [5, 5.41) is 14.8. The standard InChI is InChI=1S/C20H21Br2ClN4O2/c21-16-9-15(20(29)17(22)10-16)11-24-25-19(28)13-27-7-5-26(6-8-27)12-14-3-1-2-4-18(14)23/h1-4,9-11,29H,5-8,12-13H2,(H,25,28)/p+2. The van der Waals surface area contributed by atoms with Gasteiger partial charge in [-0.3, -0.25) is 4.79 Å². The number of nitrogens with zero attached hydrogens (tertiary/aromatic N) is 1. The zero-order valence-electron chi connectivity index (χ0n) is 15.7. The van der Waals surface area contributed by atoms with Crippen molar-refractivity contribution < 1.29 is 19.7 Å². The van der Waals surface area contributed by atoms with Crippen molar-refractivity contribution in [1.82, 2.24) is 5.43 Å². The zero-order valence-corrected chi connectivity index (χ0v) is 19.6. The van der Waals surface area contributed by atoms with Crippen molar-refractivity contribution in [2.75, 3.05) is 32.7 Å². The third-order valence-electron chi connectivity index (χ3n) is 4.92. The number of amides is 1. The highest BCUT2D eigenvalue weighted by atomic mass is 79.9. The van der Waals surface area contributed by atoms with E-state index in [0.29, 0.717) is 16.6 Å². The Balaban J connectivity index is 1.44. The van der Waals surface area contributed by atoms with Crippen molar-refractivity contribution in [3.63, 3.8) is 0 Å². The fourth-order valence-corrected chi connectivity index (χ4v) is 4.81. The highest BCUT2D eigenvalue weighted by Gasteiger charge is 2.25. The zero-order chi connectivity index (χ0) is 20.8. The largest absolute Gasteiger partial charge is 0.506 e. The van der Waals surface area contributed by atoms with E-state index in [-0.39, 0.29) is 11.7 Å². The minimum Gasteiger partial charge on any atom is -0.506 e. The normalized spacial score (nSPS) is 19.4. The van der Waals surface area contributed by atoms with E-state index in [9.17, 15) is 9.90 Å². The molecule has 6 nitrogen and oxygen atoms in total. The Labute approximate surface area is 191 Å². The summed E-state index contributed by atoms with van der Waals surface area (Å²) < 4.78 is 1.36. The van der Waals surface area contributed by atoms with Crippen LogP contribution < -0.4 is 15.2 Å². The number of piperazine rings is 1. The molecule has 0 unspecified atom stereocenters. The third kappa shape index (κ3) is 6.52. The van der Waals surface area contributed by atoms with E-state index >= 15 is 0 Å². The van der Waals surface area contributed by atoms with Gasteiger partial charge in [-0.2, -0.15) is 5.10 Å². The Morgan fingerprint density at radius 3 is 2.59 bits per heavy atom. The number of carbonyl (C=O) groups excluding carboxylic acids is 1. The molecule has 4 N–H and O–H groups in total. The van der Waals surface area contributed by atoms with Gasteiger partial charge in [0.15, 0.2) is 6.54 Å². The molecule has 1 aliphatic heterocycles. The van der Waals surface area contributed by atoms with Gasteiger partial charge in [0.1, 0.15) is 38.5 Å². The summed E-state index contributed by atoms with van der Waals surface area (Å²) in [6.45, 7) is 5.14. The van der Waals surface area contributed by atoms with E-state index < -0.39 is 0 Å². The van der Waals surface area contributed by atoms with E-state index in [1.807, 2.05) is 18.2 Å². The molecule has 0 aromatic heterocycles. The molecule has 0 bridgehead atoms.